The van der Waals surface area contributed by atoms with Gasteiger partial charge in [-0.05, 0) is 13.8 Å². The maximum Gasteiger partial charge on any atom is 0.303 e. The number of rotatable bonds is 5. The highest BCUT2D eigenvalue weighted by Gasteiger charge is 2.27. The molecule has 0 aromatic carbocycles. The standard InChI is InChI=1S/C12H19N3O4/c1-8(2)15-5-6-18-9(7-15)12-13-10(19-14-12)3-4-11(16)17/h8-9H,3-7H2,1-2H3,(H,16,17). The van der Waals surface area contributed by atoms with Crippen LogP contribution < -0.4 is 0 Å². The minimum atomic E-state index is -0.875. The molecule has 19 heavy (non-hydrogen) atoms. The molecule has 1 atom stereocenters. The van der Waals surface area contributed by atoms with Crippen molar-refractivity contribution in [3.8, 4) is 0 Å². The van der Waals surface area contributed by atoms with Crippen LogP contribution in [0.15, 0.2) is 4.52 Å². The molecule has 0 radical (unpaired) electrons. The molecule has 7 nitrogen and oxygen atoms in total. The molecule has 0 amide bonds. The summed E-state index contributed by atoms with van der Waals surface area (Å²) in [7, 11) is 0. The number of aromatic nitrogens is 2. The lowest BCUT2D eigenvalue weighted by Gasteiger charge is -2.34. The molecular formula is C12H19N3O4. The van der Waals surface area contributed by atoms with Crippen LogP contribution in [0, 0.1) is 0 Å². The molecule has 0 bridgehead atoms. The lowest BCUT2D eigenvalue weighted by atomic mass is 10.2. The molecule has 2 heterocycles. The van der Waals surface area contributed by atoms with Crippen LogP contribution in [0.3, 0.4) is 0 Å². The van der Waals surface area contributed by atoms with Crippen molar-refractivity contribution in [3.63, 3.8) is 0 Å². The van der Waals surface area contributed by atoms with Gasteiger partial charge in [-0.25, -0.2) is 0 Å². The first-order valence-electron chi connectivity index (χ1n) is 6.46. The molecular weight excluding hydrogens is 250 g/mol. The summed E-state index contributed by atoms with van der Waals surface area (Å²) in [5, 5.41) is 12.5. The molecule has 0 spiro atoms. The van der Waals surface area contributed by atoms with E-state index in [1.54, 1.807) is 0 Å². The molecule has 106 valence electrons. The highest BCUT2D eigenvalue weighted by Crippen LogP contribution is 2.21. The minimum absolute atomic E-state index is 0.00865. The topological polar surface area (TPSA) is 88.7 Å². The van der Waals surface area contributed by atoms with Gasteiger partial charge in [-0.2, -0.15) is 4.98 Å². The molecule has 1 unspecified atom stereocenters. The second-order valence-corrected chi connectivity index (χ2v) is 4.89. The summed E-state index contributed by atoms with van der Waals surface area (Å²) in [5.41, 5.74) is 0. The van der Waals surface area contributed by atoms with Gasteiger partial charge < -0.3 is 14.4 Å². The minimum Gasteiger partial charge on any atom is -0.481 e. The summed E-state index contributed by atoms with van der Waals surface area (Å²) in [6.45, 7) is 6.54. The fourth-order valence-corrected chi connectivity index (χ4v) is 2.01. The zero-order valence-corrected chi connectivity index (χ0v) is 11.2. The monoisotopic (exact) mass is 269 g/mol. The molecule has 1 saturated heterocycles. The first kappa shape index (κ1) is 14.0. The first-order valence-corrected chi connectivity index (χ1v) is 6.46. The zero-order valence-electron chi connectivity index (χ0n) is 11.2. The van der Waals surface area contributed by atoms with E-state index in [0.717, 1.165) is 13.1 Å². The third-order valence-corrected chi connectivity index (χ3v) is 3.15. The fourth-order valence-electron chi connectivity index (χ4n) is 2.01. The van der Waals surface area contributed by atoms with Gasteiger partial charge >= 0.3 is 5.97 Å². The number of carboxylic acid groups (broad SMARTS) is 1. The molecule has 0 aliphatic carbocycles. The van der Waals surface area contributed by atoms with E-state index in [0.29, 0.717) is 24.4 Å². The van der Waals surface area contributed by atoms with E-state index in [-0.39, 0.29) is 18.9 Å². The van der Waals surface area contributed by atoms with Gasteiger partial charge in [0, 0.05) is 25.6 Å². The lowest BCUT2D eigenvalue weighted by molar-refractivity contribution is -0.137. The predicted molar refractivity (Wildman–Crippen MR) is 65.7 cm³/mol. The van der Waals surface area contributed by atoms with E-state index in [9.17, 15) is 4.79 Å². The van der Waals surface area contributed by atoms with E-state index in [1.807, 2.05) is 0 Å². The third kappa shape index (κ3) is 3.74. The number of morpholine rings is 1. The van der Waals surface area contributed by atoms with Crippen LogP contribution in [-0.4, -0.2) is 51.9 Å². The first-order chi connectivity index (χ1) is 9.06. The van der Waals surface area contributed by atoms with Gasteiger partial charge in [-0.3, -0.25) is 9.69 Å². The van der Waals surface area contributed by atoms with Crippen LogP contribution in [0.2, 0.25) is 0 Å². The Morgan fingerprint density at radius 1 is 1.58 bits per heavy atom. The molecule has 1 N–H and O–H groups in total. The van der Waals surface area contributed by atoms with Crippen molar-refractivity contribution < 1.29 is 19.2 Å². The second-order valence-electron chi connectivity index (χ2n) is 4.89. The number of aliphatic carboxylic acids is 1. The van der Waals surface area contributed by atoms with Gasteiger partial charge in [-0.1, -0.05) is 5.16 Å². The molecule has 1 aromatic heterocycles. The van der Waals surface area contributed by atoms with Gasteiger partial charge in [0.05, 0.1) is 13.0 Å². The lowest BCUT2D eigenvalue weighted by Crippen LogP contribution is -2.42. The SMILES string of the molecule is CC(C)N1CCOC(c2noc(CCC(=O)O)n2)C1. The highest BCUT2D eigenvalue weighted by atomic mass is 16.5. The number of hydrogen-bond donors (Lipinski definition) is 1. The number of carbonyl (C=O) groups is 1. The van der Waals surface area contributed by atoms with Crippen LogP contribution in [0.1, 0.15) is 38.1 Å². The largest absolute Gasteiger partial charge is 0.481 e. The van der Waals surface area contributed by atoms with Crippen LogP contribution in [-0.2, 0) is 16.0 Å². The van der Waals surface area contributed by atoms with Crippen molar-refractivity contribution in [2.45, 2.75) is 38.8 Å². The van der Waals surface area contributed by atoms with Gasteiger partial charge in [0.2, 0.25) is 11.7 Å². The average molecular weight is 269 g/mol. The number of ether oxygens (including phenoxy) is 1. The van der Waals surface area contributed by atoms with Crippen molar-refractivity contribution in [1.29, 1.82) is 0 Å². The number of hydrogen-bond acceptors (Lipinski definition) is 6. The van der Waals surface area contributed by atoms with Crippen molar-refractivity contribution in [1.82, 2.24) is 15.0 Å². The Kier molecular flexibility index (Phi) is 4.49. The van der Waals surface area contributed by atoms with Gasteiger partial charge in [0.25, 0.3) is 0 Å². The van der Waals surface area contributed by atoms with Crippen LogP contribution in [0.5, 0.6) is 0 Å². The normalized spacial score (nSPS) is 20.9. The fraction of sp³-hybridized carbons (Fsp3) is 0.750. The Balaban J connectivity index is 1.95. The van der Waals surface area contributed by atoms with E-state index in [4.69, 9.17) is 14.4 Å². The summed E-state index contributed by atoms with van der Waals surface area (Å²) in [6.07, 6.45) is 0.0484. The van der Waals surface area contributed by atoms with Gasteiger partial charge in [0.15, 0.2) is 0 Å². The Hall–Kier alpha value is -1.47. The maximum absolute atomic E-state index is 10.5. The van der Waals surface area contributed by atoms with E-state index in [1.165, 1.54) is 0 Å². The molecule has 2 rings (SSSR count). The molecule has 1 fully saturated rings. The highest BCUT2D eigenvalue weighted by molar-refractivity contribution is 5.66. The van der Waals surface area contributed by atoms with Crippen molar-refractivity contribution in [2.75, 3.05) is 19.7 Å². The smallest absolute Gasteiger partial charge is 0.303 e. The summed E-state index contributed by atoms with van der Waals surface area (Å²) in [6, 6.07) is 0.449. The molecule has 1 aliphatic heterocycles. The third-order valence-electron chi connectivity index (χ3n) is 3.15. The van der Waals surface area contributed by atoms with Crippen molar-refractivity contribution in [2.24, 2.45) is 0 Å². The van der Waals surface area contributed by atoms with E-state index >= 15 is 0 Å². The van der Waals surface area contributed by atoms with Crippen molar-refractivity contribution in [3.05, 3.63) is 11.7 Å². The molecule has 1 aliphatic rings. The van der Waals surface area contributed by atoms with Crippen LogP contribution >= 0.6 is 0 Å². The van der Waals surface area contributed by atoms with E-state index < -0.39 is 5.97 Å². The number of nitrogens with zero attached hydrogens (tertiary/aromatic N) is 3. The average Bonchev–Trinajstić information content (AvgIpc) is 2.85. The predicted octanol–water partition coefficient (Wildman–Crippen LogP) is 0.869. The number of aryl methyl sites for hydroxylation is 1. The molecule has 0 saturated carbocycles. The van der Waals surface area contributed by atoms with Gasteiger partial charge in [0.1, 0.15) is 6.10 Å². The van der Waals surface area contributed by atoms with Crippen LogP contribution in [0.4, 0.5) is 0 Å². The second kappa shape index (κ2) is 6.12. The van der Waals surface area contributed by atoms with Gasteiger partial charge in [-0.15, -0.1) is 0 Å². The van der Waals surface area contributed by atoms with Crippen molar-refractivity contribution >= 4 is 5.97 Å². The number of carboxylic acids is 1. The maximum atomic E-state index is 10.5. The summed E-state index contributed by atoms with van der Waals surface area (Å²) in [5.74, 6) is -0.0203. The Labute approximate surface area is 111 Å². The Morgan fingerprint density at radius 2 is 2.37 bits per heavy atom. The summed E-state index contributed by atoms with van der Waals surface area (Å²) < 4.78 is 10.7. The quantitative estimate of drug-likeness (QED) is 0.848. The summed E-state index contributed by atoms with van der Waals surface area (Å²) >= 11 is 0. The molecule has 1 aromatic rings. The Bertz CT molecular complexity index is 432. The van der Waals surface area contributed by atoms with E-state index in [2.05, 4.69) is 28.9 Å². The zero-order chi connectivity index (χ0) is 13.8. The summed E-state index contributed by atoms with van der Waals surface area (Å²) in [4.78, 5) is 17.0. The molecule has 7 heteroatoms. The van der Waals surface area contributed by atoms with Crippen LogP contribution in [0.25, 0.3) is 0 Å². The Morgan fingerprint density at radius 3 is 3.05 bits per heavy atom.